The zero-order chi connectivity index (χ0) is 18.8. The van der Waals surface area contributed by atoms with Crippen molar-refractivity contribution in [3.8, 4) is 16.3 Å². The maximum atomic E-state index is 12.3. The minimum atomic E-state index is -0.0238. The summed E-state index contributed by atoms with van der Waals surface area (Å²) in [6.07, 6.45) is 8.80. The van der Waals surface area contributed by atoms with Crippen molar-refractivity contribution in [3.05, 3.63) is 41.4 Å². The summed E-state index contributed by atoms with van der Waals surface area (Å²) in [5, 5.41) is 6.08. The minimum absolute atomic E-state index is 0.0238. The quantitative estimate of drug-likeness (QED) is 0.732. The molecule has 2 fully saturated rings. The molecule has 2 saturated carbocycles. The summed E-state index contributed by atoms with van der Waals surface area (Å²) in [5.41, 5.74) is 1.86. The number of thiazole rings is 1. The number of rotatable bonds is 6. The van der Waals surface area contributed by atoms with Crippen LogP contribution in [0.15, 0.2) is 35.7 Å². The van der Waals surface area contributed by atoms with Crippen LogP contribution in [0, 0.1) is 17.8 Å². The number of carbonyl (C=O) groups excluding carboxylic acids is 1. The number of hydrogen-bond acceptors (Lipinski definition) is 4. The van der Waals surface area contributed by atoms with Crippen LogP contribution >= 0.6 is 11.3 Å². The molecule has 1 N–H and O–H groups in total. The summed E-state index contributed by atoms with van der Waals surface area (Å²) in [4.78, 5) is 16.9. The van der Waals surface area contributed by atoms with Crippen molar-refractivity contribution in [1.82, 2.24) is 10.3 Å². The van der Waals surface area contributed by atoms with Gasteiger partial charge in [0.1, 0.15) is 10.8 Å². The Morgan fingerprint density at radius 3 is 2.78 bits per heavy atom. The average molecular weight is 383 g/mol. The summed E-state index contributed by atoms with van der Waals surface area (Å²) < 4.78 is 5.19. The van der Waals surface area contributed by atoms with E-state index in [4.69, 9.17) is 4.74 Å². The number of amides is 1. The Kier molecular flexibility index (Phi) is 5.30. The van der Waals surface area contributed by atoms with Gasteiger partial charge in [0.25, 0.3) is 0 Å². The number of nitrogens with one attached hydrogen (secondary N) is 1. The van der Waals surface area contributed by atoms with Crippen molar-refractivity contribution in [2.24, 2.45) is 17.8 Å². The van der Waals surface area contributed by atoms with E-state index in [1.165, 1.54) is 25.7 Å². The minimum Gasteiger partial charge on any atom is -0.497 e. The van der Waals surface area contributed by atoms with E-state index in [1.807, 2.05) is 29.6 Å². The van der Waals surface area contributed by atoms with Gasteiger partial charge in [-0.15, -0.1) is 11.3 Å². The standard InChI is InChI=1S/C22H26N2O2S/c1-14(20-12-15-3-4-17(20)11-15)23-21(25)10-7-18-13-27-22(24-18)16-5-8-19(26-2)9-6-16/h5-10,13-15,17,20H,3-4,11-12H2,1-2H3,(H,23,25)/b10-7+/t14-,15-,17-,20+/m0/s1. The zero-order valence-electron chi connectivity index (χ0n) is 15.9. The third-order valence-electron chi connectivity index (χ3n) is 6.07. The van der Waals surface area contributed by atoms with Gasteiger partial charge in [-0.2, -0.15) is 0 Å². The molecule has 1 aromatic carbocycles. The highest BCUT2D eigenvalue weighted by molar-refractivity contribution is 7.13. The van der Waals surface area contributed by atoms with Gasteiger partial charge in [0.2, 0.25) is 5.91 Å². The lowest BCUT2D eigenvalue weighted by atomic mass is 9.84. The monoisotopic (exact) mass is 382 g/mol. The molecule has 0 unspecified atom stereocenters. The zero-order valence-corrected chi connectivity index (χ0v) is 16.7. The molecule has 2 aromatic rings. The Hall–Kier alpha value is -2.14. The predicted octanol–water partition coefficient (Wildman–Crippen LogP) is 4.77. The van der Waals surface area contributed by atoms with Crippen LogP contribution in [0.4, 0.5) is 0 Å². The number of carbonyl (C=O) groups is 1. The van der Waals surface area contributed by atoms with E-state index in [2.05, 4.69) is 17.2 Å². The van der Waals surface area contributed by atoms with E-state index in [1.54, 1.807) is 30.6 Å². The lowest BCUT2D eigenvalue weighted by Crippen LogP contribution is -2.39. The highest BCUT2D eigenvalue weighted by atomic mass is 32.1. The fourth-order valence-electron chi connectivity index (χ4n) is 4.68. The third-order valence-corrected chi connectivity index (χ3v) is 6.98. The van der Waals surface area contributed by atoms with Gasteiger partial charge in [-0.1, -0.05) is 6.42 Å². The summed E-state index contributed by atoms with van der Waals surface area (Å²) in [7, 11) is 1.66. The van der Waals surface area contributed by atoms with E-state index in [9.17, 15) is 4.79 Å². The molecule has 2 aliphatic carbocycles. The molecule has 0 saturated heterocycles. The first-order valence-corrected chi connectivity index (χ1v) is 10.6. The van der Waals surface area contributed by atoms with Crippen LogP contribution in [-0.2, 0) is 4.79 Å². The number of fused-ring (bicyclic) bond motifs is 2. The summed E-state index contributed by atoms with van der Waals surface area (Å²) in [6.45, 7) is 2.15. The lowest BCUT2D eigenvalue weighted by molar-refractivity contribution is -0.117. The molecule has 0 aliphatic heterocycles. The number of nitrogens with zero attached hydrogens (tertiary/aromatic N) is 1. The van der Waals surface area contributed by atoms with E-state index >= 15 is 0 Å². The molecule has 4 nitrogen and oxygen atoms in total. The van der Waals surface area contributed by atoms with Crippen LogP contribution < -0.4 is 10.1 Å². The van der Waals surface area contributed by atoms with Gasteiger partial charge in [0, 0.05) is 23.1 Å². The lowest BCUT2D eigenvalue weighted by Gasteiger charge is -2.28. The molecule has 27 heavy (non-hydrogen) atoms. The average Bonchev–Trinajstić information content (AvgIpc) is 3.43. The van der Waals surface area contributed by atoms with Crippen molar-refractivity contribution in [2.75, 3.05) is 7.11 Å². The van der Waals surface area contributed by atoms with Crippen LogP contribution in [0.3, 0.4) is 0 Å². The van der Waals surface area contributed by atoms with Crippen LogP contribution in [0.25, 0.3) is 16.6 Å². The van der Waals surface area contributed by atoms with Crippen molar-refractivity contribution in [2.45, 2.75) is 38.6 Å². The predicted molar refractivity (Wildman–Crippen MR) is 110 cm³/mol. The first kappa shape index (κ1) is 18.2. The summed E-state index contributed by atoms with van der Waals surface area (Å²) >= 11 is 1.58. The van der Waals surface area contributed by atoms with E-state index in [-0.39, 0.29) is 11.9 Å². The topological polar surface area (TPSA) is 51.2 Å². The van der Waals surface area contributed by atoms with Crippen LogP contribution in [0.5, 0.6) is 5.75 Å². The van der Waals surface area contributed by atoms with E-state index < -0.39 is 0 Å². The highest BCUT2D eigenvalue weighted by Crippen LogP contribution is 2.49. The van der Waals surface area contributed by atoms with Crippen LogP contribution in [0.2, 0.25) is 0 Å². The normalized spacial score (nSPS) is 25.0. The largest absolute Gasteiger partial charge is 0.497 e. The number of aromatic nitrogens is 1. The number of hydrogen-bond donors (Lipinski definition) is 1. The Bertz CT molecular complexity index is 827. The molecule has 4 rings (SSSR count). The molecule has 2 bridgehead atoms. The molecule has 142 valence electrons. The fourth-order valence-corrected chi connectivity index (χ4v) is 5.47. The molecule has 4 atom stereocenters. The number of benzene rings is 1. The Morgan fingerprint density at radius 1 is 1.30 bits per heavy atom. The number of methoxy groups -OCH3 is 1. The van der Waals surface area contributed by atoms with Crippen LogP contribution in [-0.4, -0.2) is 24.0 Å². The maximum Gasteiger partial charge on any atom is 0.244 e. The molecule has 2 aliphatic rings. The first-order chi connectivity index (χ1) is 13.1. The van der Waals surface area contributed by atoms with Crippen molar-refractivity contribution in [1.29, 1.82) is 0 Å². The second-order valence-electron chi connectivity index (χ2n) is 7.78. The van der Waals surface area contributed by atoms with Gasteiger partial charge in [0.15, 0.2) is 0 Å². The molecular formula is C22H26N2O2S. The van der Waals surface area contributed by atoms with Crippen molar-refractivity contribution < 1.29 is 9.53 Å². The second kappa shape index (κ2) is 7.85. The Labute approximate surface area is 164 Å². The smallest absolute Gasteiger partial charge is 0.244 e. The Morgan fingerprint density at radius 2 is 2.11 bits per heavy atom. The fraction of sp³-hybridized carbons (Fsp3) is 0.455. The van der Waals surface area contributed by atoms with Gasteiger partial charge in [-0.25, -0.2) is 4.98 Å². The van der Waals surface area contributed by atoms with Crippen molar-refractivity contribution >= 4 is 23.3 Å². The van der Waals surface area contributed by atoms with Crippen molar-refractivity contribution in [3.63, 3.8) is 0 Å². The Balaban J connectivity index is 1.33. The second-order valence-corrected chi connectivity index (χ2v) is 8.63. The molecule has 1 aromatic heterocycles. The van der Waals surface area contributed by atoms with Gasteiger partial charge in [0.05, 0.1) is 12.8 Å². The van der Waals surface area contributed by atoms with Crippen LogP contribution in [0.1, 0.15) is 38.3 Å². The van der Waals surface area contributed by atoms with E-state index in [0.29, 0.717) is 5.92 Å². The van der Waals surface area contributed by atoms with Gasteiger partial charge in [-0.3, -0.25) is 4.79 Å². The number of ether oxygens (including phenoxy) is 1. The first-order valence-electron chi connectivity index (χ1n) is 9.71. The van der Waals surface area contributed by atoms with Gasteiger partial charge < -0.3 is 10.1 Å². The molecule has 0 radical (unpaired) electrons. The SMILES string of the molecule is COc1ccc(-c2nc(/C=C/C(=O)N[C@@H](C)[C@H]3C[C@H]4CC[C@H]3C4)cs2)cc1. The summed E-state index contributed by atoms with van der Waals surface area (Å²) in [6, 6.07) is 8.10. The third kappa shape index (κ3) is 4.08. The maximum absolute atomic E-state index is 12.3. The molecule has 0 spiro atoms. The van der Waals surface area contributed by atoms with Gasteiger partial charge >= 0.3 is 0 Å². The summed E-state index contributed by atoms with van der Waals surface area (Å²) in [5.74, 6) is 3.18. The molecule has 1 amide bonds. The molecule has 1 heterocycles. The highest BCUT2D eigenvalue weighted by Gasteiger charge is 2.41. The van der Waals surface area contributed by atoms with Gasteiger partial charge in [-0.05, 0) is 74.3 Å². The molecular weight excluding hydrogens is 356 g/mol. The van der Waals surface area contributed by atoms with E-state index in [0.717, 1.165) is 33.9 Å². The molecule has 5 heteroatoms.